The van der Waals surface area contributed by atoms with E-state index < -0.39 is 0 Å². The third kappa shape index (κ3) is 5.32. The van der Waals surface area contributed by atoms with Crippen molar-refractivity contribution in [2.24, 2.45) is 5.41 Å². The van der Waals surface area contributed by atoms with Gasteiger partial charge in [0.05, 0.1) is 6.54 Å². The first kappa shape index (κ1) is 20.8. The molecule has 2 aliphatic heterocycles. The van der Waals surface area contributed by atoms with Gasteiger partial charge in [0, 0.05) is 58.3 Å². The molecule has 0 unspecified atom stereocenters. The van der Waals surface area contributed by atoms with Crippen LogP contribution in [0.4, 0.5) is 0 Å². The molecule has 0 atom stereocenters. The van der Waals surface area contributed by atoms with Gasteiger partial charge in [-0.3, -0.25) is 14.5 Å². The first-order chi connectivity index (χ1) is 13.5. The third-order valence-corrected chi connectivity index (χ3v) is 6.06. The fourth-order valence-electron chi connectivity index (χ4n) is 4.43. The van der Waals surface area contributed by atoms with Crippen molar-refractivity contribution < 1.29 is 14.3 Å². The normalized spacial score (nSPS) is 19.0. The number of likely N-dealkylation sites (N-methyl/N-ethyl adjacent to an activating group) is 1. The standard InChI is InChI=1S/C22H33N3O3/c1-23(16-19-7-4-3-5-8-19)17-21(27)24-12-9-22(10-13-24)15-20(26)25(18-22)11-6-14-28-2/h3-5,7-8H,6,9-18H2,1-2H3. The Morgan fingerprint density at radius 1 is 1.21 bits per heavy atom. The van der Waals surface area contributed by atoms with Gasteiger partial charge in [0.2, 0.25) is 11.8 Å². The highest BCUT2D eigenvalue weighted by molar-refractivity contribution is 5.80. The SMILES string of the molecule is COCCCN1CC2(CCN(C(=O)CN(C)Cc3ccccc3)CC2)CC1=O. The molecule has 0 aromatic heterocycles. The number of hydrogen-bond acceptors (Lipinski definition) is 4. The van der Waals surface area contributed by atoms with E-state index in [1.807, 2.05) is 35.0 Å². The molecule has 3 rings (SSSR count). The van der Waals surface area contributed by atoms with Crippen LogP contribution in [0.25, 0.3) is 0 Å². The summed E-state index contributed by atoms with van der Waals surface area (Å²) >= 11 is 0. The maximum absolute atomic E-state index is 12.7. The summed E-state index contributed by atoms with van der Waals surface area (Å²) in [5.41, 5.74) is 1.28. The van der Waals surface area contributed by atoms with Crippen LogP contribution in [0.2, 0.25) is 0 Å². The van der Waals surface area contributed by atoms with Crippen molar-refractivity contribution in [2.45, 2.75) is 32.2 Å². The fraction of sp³-hybridized carbons (Fsp3) is 0.636. The number of benzene rings is 1. The molecule has 1 spiro atoms. The van der Waals surface area contributed by atoms with E-state index >= 15 is 0 Å². The number of rotatable bonds is 8. The van der Waals surface area contributed by atoms with Gasteiger partial charge in [-0.2, -0.15) is 0 Å². The molecule has 2 fully saturated rings. The number of carbonyl (C=O) groups excluding carboxylic acids is 2. The Labute approximate surface area is 168 Å². The average molecular weight is 388 g/mol. The second-order valence-corrected chi connectivity index (χ2v) is 8.38. The van der Waals surface area contributed by atoms with E-state index in [0.29, 0.717) is 19.6 Å². The number of likely N-dealkylation sites (tertiary alicyclic amines) is 2. The molecular formula is C22H33N3O3. The number of ether oxygens (including phenoxy) is 1. The Kier molecular flexibility index (Phi) is 7.08. The van der Waals surface area contributed by atoms with E-state index in [4.69, 9.17) is 4.74 Å². The number of carbonyl (C=O) groups is 2. The summed E-state index contributed by atoms with van der Waals surface area (Å²) in [5.74, 6) is 0.452. The Morgan fingerprint density at radius 3 is 2.61 bits per heavy atom. The van der Waals surface area contributed by atoms with Crippen LogP contribution in [0, 0.1) is 5.41 Å². The van der Waals surface area contributed by atoms with E-state index in [9.17, 15) is 9.59 Å². The molecule has 1 aromatic rings. The van der Waals surface area contributed by atoms with Crippen LogP contribution in [-0.4, -0.2) is 80.0 Å². The molecule has 0 N–H and O–H groups in total. The maximum atomic E-state index is 12.7. The van der Waals surface area contributed by atoms with E-state index in [1.54, 1.807) is 7.11 Å². The van der Waals surface area contributed by atoms with Gasteiger partial charge in [0.1, 0.15) is 0 Å². The molecular weight excluding hydrogens is 354 g/mol. The molecule has 2 amide bonds. The summed E-state index contributed by atoms with van der Waals surface area (Å²) in [6.07, 6.45) is 3.37. The van der Waals surface area contributed by atoms with Crippen LogP contribution < -0.4 is 0 Å². The van der Waals surface area contributed by atoms with Gasteiger partial charge in [0.15, 0.2) is 0 Å². The van der Waals surface area contributed by atoms with Crippen molar-refractivity contribution in [1.82, 2.24) is 14.7 Å². The minimum Gasteiger partial charge on any atom is -0.385 e. The molecule has 0 radical (unpaired) electrons. The second-order valence-electron chi connectivity index (χ2n) is 8.38. The first-order valence-corrected chi connectivity index (χ1v) is 10.3. The minimum absolute atomic E-state index is 0.0663. The zero-order chi connectivity index (χ0) is 20.0. The maximum Gasteiger partial charge on any atom is 0.236 e. The smallest absolute Gasteiger partial charge is 0.236 e. The lowest BCUT2D eigenvalue weighted by atomic mass is 9.77. The van der Waals surface area contributed by atoms with Crippen LogP contribution in [0.1, 0.15) is 31.2 Å². The van der Waals surface area contributed by atoms with Crippen LogP contribution in [0.15, 0.2) is 30.3 Å². The molecule has 2 heterocycles. The summed E-state index contributed by atoms with van der Waals surface area (Å²) < 4.78 is 5.10. The molecule has 0 saturated carbocycles. The molecule has 154 valence electrons. The number of piperidine rings is 1. The van der Waals surface area contributed by atoms with Crippen LogP contribution in [-0.2, 0) is 20.9 Å². The quantitative estimate of drug-likeness (QED) is 0.640. The van der Waals surface area contributed by atoms with E-state index in [1.165, 1.54) is 5.56 Å². The molecule has 6 heteroatoms. The summed E-state index contributed by atoms with van der Waals surface area (Å²) in [6.45, 7) is 5.04. The number of methoxy groups -OCH3 is 1. The van der Waals surface area contributed by atoms with Crippen molar-refractivity contribution in [3.63, 3.8) is 0 Å². The lowest BCUT2D eigenvalue weighted by molar-refractivity contribution is -0.134. The van der Waals surface area contributed by atoms with Gasteiger partial charge >= 0.3 is 0 Å². The van der Waals surface area contributed by atoms with E-state index in [0.717, 1.165) is 52.0 Å². The lowest BCUT2D eigenvalue weighted by Crippen LogP contribution is -2.47. The van der Waals surface area contributed by atoms with Gasteiger partial charge in [0.25, 0.3) is 0 Å². The molecule has 0 bridgehead atoms. The number of nitrogens with zero attached hydrogens (tertiary/aromatic N) is 3. The number of hydrogen-bond donors (Lipinski definition) is 0. The molecule has 1 aromatic carbocycles. The summed E-state index contributed by atoms with van der Waals surface area (Å²) in [7, 11) is 3.68. The topological polar surface area (TPSA) is 53.1 Å². The van der Waals surface area contributed by atoms with Crippen molar-refractivity contribution in [1.29, 1.82) is 0 Å². The highest BCUT2D eigenvalue weighted by atomic mass is 16.5. The van der Waals surface area contributed by atoms with E-state index in [-0.39, 0.29) is 17.2 Å². The van der Waals surface area contributed by atoms with Gasteiger partial charge in [-0.05, 0) is 31.9 Å². The monoisotopic (exact) mass is 387 g/mol. The summed E-state index contributed by atoms with van der Waals surface area (Å²) in [4.78, 5) is 31.1. The highest BCUT2D eigenvalue weighted by Crippen LogP contribution is 2.41. The van der Waals surface area contributed by atoms with Gasteiger partial charge in [-0.1, -0.05) is 30.3 Å². The van der Waals surface area contributed by atoms with Gasteiger partial charge in [-0.15, -0.1) is 0 Å². The predicted molar refractivity (Wildman–Crippen MR) is 109 cm³/mol. The van der Waals surface area contributed by atoms with E-state index in [2.05, 4.69) is 17.0 Å². The number of amides is 2. The lowest BCUT2D eigenvalue weighted by Gasteiger charge is -2.39. The highest BCUT2D eigenvalue weighted by Gasteiger charge is 2.45. The summed E-state index contributed by atoms with van der Waals surface area (Å²) in [5, 5.41) is 0. The first-order valence-electron chi connectivity index (χ1n) is 10.3. The van der Waals surface area contributed by atoms with Crippen LogP contribution in [0.3, 0.4) is 0 Å². The zero-order valence-corrected chi connectivity index (χ0v) is 17.2. The van der Waals surface area contributed by atoms with Crippen LogP contribution >= 0.6 is 0 Å². The van der Waals surface area contributed by atoms with Crippen LogP contribution in [0.5, 0.6) is 0 Å². The second kappa shape index (κ2) is 9.52. The Hall–Kier alpha value is -1.92. The van der Waals surface area contributed by atoms with Crippen molar-refractivity contribution in [2.75, 3.05) is 53.5 Å². The van der Waals surface area contributed by atoms with Gasteiger partial charge in [-0.25, -0.2) is 0 Å². The Balaban J connectivity index is 1.44. The Morgan fingerprint density at radius 2 is 1.93 bits per heavy atom. The third-order valence-electron chi connectivity index (χ3n) is 6.06. The molecule has 2 aliphatic rings. The van der Waals surface area contributed by atoms with Gasteiger partial charge < -0.3 is 14.5 Å². The molecule has 28 heavy (non-hydrogen) atoms. The molecule has 2 saturated heterocycles. The largest absolute Gasteiger partial charge is 0.385 e. The average Bonchev–Trinajstić information content (AvgIpc) is 2.98. The molecule has 6 nitrogen and oxygen atoms in total. The zero-order valence-electron chi connectivity index (χ0n) is 17.2. The fourth-order valence-corrected chi connectivity index (χ4v) is 4.43. The van der Waals surface area contributed by atoms with Crippen molar-refractivity contribution >= 4 is 11.8 Å². The Bertz CT molecular complexity index is 656. The van der Waals surface area contributed by atoms with Crippen molar-refractivity contribution in [3.8, 4) is 0 Å². The predicted octanol–water partition coefficient (Wildman–Crippen LogP) is 2.00. The minimum atomic E-state index is 0.0663. The summed E-state index contributed by atoms with van der Waals surface area (Å²) in [6, 6.07) is 10.2. The molecule has 0 aliphatic carbocycles. The van der Waals surface area contributed by atoms with Crippen molar-refractivity contribution in [3.05, 3.63) is 35.9 Å².